The summed E-state index contributed by atoms with van der Waals surface area (Å²) in [6.07, 6.45) is 3.29. The third-order valence-electron chi connectivity index (χ3n) is 3.78. The van der Waals surface area contributed by atoms with Gasteiger partial charge in [-0.25, -0.2) is 14.8 Å². The standard InChI is InChI=1S/C14H14N6OS2/c21-14(18-11-1-3-17-23-11)20-6-4-19(5-7-20)12-10-2-8-22-13(10)16-9-15-12/h1-3,8-9H,4-7H2,(H,18,21). The van der Waals surface area contributed by atoms with E-state index >= 15 is 0 Å². The van der Waals surface area contributed by atoms with E-state index in [4.69, 9.17) is 0 Å². The molecule has 0 aromatic carbocycles. The van der Waals surface area contributed by atoms with Crippen molar-refractivity contribution in [3.63, 3.8) is 0 Å². The van der Waals surface area contributed by atoms with E-state index < -0.39 is 0 Å². The molecule has 1 fully saturated rings. The highest BCUT2D eigenvalue weighted by molar-refractivity contribution is 7.16. The van der Waals surface area contributed by atoms with Crippen LogP contribution in [0, 0.1) is 0 Å². The highest BCUT2D eigenvalue weighted by atomic mass is 32.1. The van der Waals surface area contributed by atoms with Crippen LogP contribution in [-0.2, 0) is 0 Å². The number of rotatable bonds is 2. The fraction of sp³-hybridized carbons (Fsp3) is 0.286. The highest BCUT2D eigenvalue weighted by Gasteiger charge is 2.23. The summed E-state index contributed by atoms with van der Waals surface area (Å²) in [6, 6.07) is 3.78. The Hall–Kier alpha value is -2.26. The van der Waals surface area contributed by atoms with Crippen molar-refractivity contribution < 1.29 is 4.79 Å². The SMILES string of the molecule is O=C(Nc1ccns1)N1CCN(c2ncnc3sccc23)CC1. The molecule has 1 aliphatic heterocycles. The van der Waals surface area contributed by atoms with E-state index in [0.29, 0.717) is 13.1 Å². The van der Waals surface area contributed by atoms with Gasteiger partial charge in [0.25, 0.3) is 0 Å². The summed E-state index contributed by atoms with van der Waals surface area (Å²) in [5.74, 6) is 0.957. The molecule has 0 atom stereocenters. The van der Waals surface area contributed by atoms with Crippen LogP contribution in [0.2, 0.25) is 0 Å². The average Bonchev–Trinajstić information content (AvgIpc) is 3.25. The highest BCUT2D eigenvalue weighted by Crippen LogP contribution is 2.27. The van der Waals surface area contributed by atoms with Gasteiger partial charge in [0.05, 0.1) is 5.39 Å². The van der Waals surface area contributed by atoms with E-state index in [1.54, 1.807) is 29.9 Å². The summed E-state index contributed by atoms with van der Waals surface area (Å²) >= 11 is 2.90. The minimum atomic E-state index is -0.0720. The van der Waals surface area contributed by atoms with E-state index in [1.807, 2.05) is 10.3 Å². The predicted molar refractivity (Wildman–Crippen MR) is 92.3 cm³/mol. The molecule has 1 N–H and O–H groups in total. The van der Waals surface area contributed by atoms with Crippen molar-refractivity contribution in [3.8, 4) is 0 Å². The van der Waals surface area contributed by atoms with Gasteiger partial charge in [-0.2, -0.15) is 4.37 Å². The van der Waals surface area contributed by atoms with Crippen LogP contribution < -0.4 is 10.2 Å². The molecule has 9 heteroatoms. The molecule has 7 nitrogen and oxygen atoms in total. The number of thiophene rings is 1. The molecule has 2 amide bonds. The van der Waals surface area contributed by atoms with Gasteiger partial charge in [0, 0.05) is 32.4 Å². The average molecular weight is 346 g/mol. The van der Waals surface area contributed by atoms with Crippen molar-refractivity contribution in [2.75, 3.05) is 36.4 Å². The number of nitrogens with one attached hydrogen (secondary N) is 1. The van der Waals surface area contributed by atoms with Gasteiger partial charge in [-0.1, -0.05) is 0 Å². The number of anilines is 2. The number of fused-ring (bicyclic) bond motifs is 1. The van der Waals surface area contributed by atoms with Gasteiger partial charge in [-0.05, 0) is 29.0 Å². The smallest absolute Gasteiger partial charge is 0.322 e. The molecule has 0 aliphatic carbocycles. The number of aromatic nitrogens is 3. The Morgan fingerprint density at radius 1 is 1.17 bits per heavy atom. The van der Waals surface area contributed by atoms with Gasteiger partial charge in [0.1, 0.15) is 22.0 Å². The summed E-state index contributed by atoms with van der Waals surface area (Å²) in [6.45, 7) is 2.86. The topological polar surface area (TPSA) is 74.2 Å². The second-order valence-corrected chi connectivity index (χ2v) is 6.85. The lowest BCUT2D eigenvalue weighted by molar-refractivity contribution is 0.208. The Balaban J connectivity index is 1.43. The number of nitrogens with zero attached hydrogens (tertiary/aromatic N) is 5. The van der Waals surface area contributed by atoms with Crippen molar-refractivity contribution in [2.45, 2.75) is 0 Å². The lowest BCUT2D eigenvalue weighted by Crippen LogP contribution is -2.50. The van der Waals surface area contributed by atoms with Crippen LogP contribution >= 0.6 is 22.9 Å². The Labute approximate surface area is 140 Å². The molecule has 4 heterocycles. The van der Waals surface area contributed by atoms with Gasteiger partial charge >= 0.3 is 6.03 Å². The molecule has 3 aromatic rings. The Morgan fingerprint density at radius 3 is 2.83 bits per heavy atom. The number of amides is 2. The molecule has 0 bridgehead atoms. The van der Waals surface area contributed by atoms with Crippen molar-refractivity contribution in [3.05, 3.63) is 30.0 Å². The maximum atomic E-state index is 12.2. The Morgan fingerprint density at radius 2 is 2.04 bits per heavy atom. The van der Waals surface area contributed by atoms with Gasteiger partial charge in [-0.3, -0.25) is 5.32 Å². The molecule has 1 saturated heterocycles. The summed E-state index contributed by atoms with van der Waals surface area (Å²) < 4.78 is 3.98. The molecule has 0 radical (unpaired) electrons. The third kappa shape index (κ3) is 2.84. The van der Waals surface area contributed by atoms with Crippen LogP contribution in [0.25, 0.3) is 10.2 Å². The van der Waals surface area contributed by atoms with Crippen LogP contribution in [0.15, 0.2) is 30.0 Å². The lowest BCUT2D eigenvalue weighted by atomic mass is 10.3. The molecule has 3 aromatic heterocycles. The maximum Gasteiger partial charge on any atom is 0.322 e. The zero-order valence-corrected chi connectivity index (χ0v) is 13.8. The van der Waals surface area contributed by atoms with Crippen molar-refractivity contribution in [1.82, 2.24) is 19.2 Å². The largest absolute Gasteiger partial charge is 0.352 e. The summed E-state index contributed by atoms with van der Waals surface area (Å²) in [5.41, 5.74) is 0. The van der Waals surface area contributed by atoms with Crippen LogP contribution in [0.1, 0.15) is 0 Å². The van der Waals surface area contributed by atoms with E-state index in [9.17, 15) is 4.79 Å². The molecule has 118 valence electrons. The number of hydrogen-bond donors (Lipinski definition) is 1. The van der Waals surface area contributed by atoms with Crippen molar-refractivity contribution in [1.29, 1.82) is 0 Å². The first-order valence-electron chi connectivity index (χ1n) is 7.21. The zero-order chi connectivity index (χ0) is 15.6. The zero-order valence-electron chi connectivity index (χ0n) is 12.2. The van der Waals surface area contributed by atoms with E-state index in [2.05, 4.69) is 30.6 Å². The van der Waals surface area contributed by atoms with Crippen LogP contribution in [-0.4, -0.2) is 51.5 Å². The molecule has 1 aliphatic rings. The van der Waals surface area contributed by atoms with Crippen molar-refractivity contribution in [2.24, 2.45) is 0 Å². The first kappa shape index (κ1) is 14.3. The van der Waals surface area contributed by atoms with E-state index in [0.717, 1.165) is 34.1 Å². The second kappa shape index (κ2) is 6.09. The molecule has 0 unspecified atom stereocenters. The van der Waals surface area contributed by atoms with Crippen LogP contribution in [0.5, 0.6) is 0 Å². The lowest BCUT2D eigenvalue weighted by Gasteiger charge is -2.35. The van der Waals surface area contributed by atoms with E-state index in [-0.39, 0.29) is 6.03 Å². The van der Waals surface area contributed by atoms with Crippen LogP contribution in [0.4, 0.5) is 15.6 Å². The van der Waals surface area contributed by atoms with E-state index in [1.165, 1.54) is 11.5 Å². The Kier molecular flexibility index (Phi) is 3.80. The first-order chi connectivity index (χ1) is 11.3. The quantitative estimate of drug-likeness (QED) is 0.772. The number of carbonyl (C=O) groups excluding carboxylic acids is 1. The van der Waals surface area contributed by atoms with Gasteiger partial charge < -0.3 is 9.80 Å². The second-order valence-electron chi connectivity index (χ2n) is 5.12. The molecule has 0 spiro atoms. The summed E-state index contributed by atoms with van der Waals surface area (Å²) in [7, 11) is 0. The predicted octanol–water partition coefficient (Wildman–Crippen LogP) is 2.50. The number of carbonyl (C=O) groups is 1. The number of piperazine rings is 1. The van der Waals surface area contributed by atoms with Gasteiger partial charge in [0.15, 0.2) is 0 Å². The van der Waals surface area contributed by atoms with Gasteiger partial charge in [-0.15, -0.1) is 11.3 Å². The summed E-state index contributed by atoms with van der Waals surface area (Å²) in [4.78, 5) is 26.0. The minimum Gasteiger partial charge on any atom is -0.352 e. The fourth-order valence-corrected chi connectivity index (χ4v) is 3.83. The molecular formula is C14H14N6OS2. The monoisotopic (exact) mass is 346 g/mol. The number of urea groups is 1. The molecular weight excluding hydrogens is 332 g/mol. The molecule has 4 rings (SSSR count). The molecule has 0 saturated carbocycles. The normalized spacial score (nSPS) is 15.1. The van der Waals surface area contributed by atoms with Crippen molar-refractivity contribution >= 4 is 49.9 Å². The minimum absolute atomic E-state index is 0.0720. The molecule has 23 heavy (non-hydrogen) atoms. The fourth-order valence-electron chi connectivity index (χ4n) is 2.62. The maximum absolute atomic E-state index is 12.2. The Bertz CT molecular complexity index is 810. The van der Waals surface area contributed by atoms with Crippen LogP contribution in [0.3, 0.4) is 0 Å². The summed E-state index contributed by atoms with van der Waals surface area (Å²) in [5, 5.41) is 6.76. The third-order valence-corrected chi connectivity index (χ3v) is 5.26. The number of hydrogen-bond acceptors (Lipinski definition) is 7. The van der Waals surface area contributed by atoms with Gasteiger partial charge in [0.2, 0.25) is 0 Å². The first-order valence-corrected chi connectivity index (χ1v) is 8.86.